The fourth-order valence-electron chi connectivity index (χ4n) is 1.37. The van der Waals surface area contributed by atoms with Crippen molar-refractivity contribution in [1.29, 1.82) is 0 Å². The van der Waals surface area contributed by atoms with Crippen LogP contribution in [0.5, 0.6) is 5.75 Å². The summed E-state index contributed by atoms with van der Waals surface area (Å²) < 4.78 is 9.89. The predicted octanol–water partition coefficient (Wildman–Crippen LogP) is 2.04. The second-order valence-electron chi connectivity index (χ2n) is 3.67. The molecule has 1 aromatic rings. The number of nitro benzene ring substituents is 1. The molecule has 0 amide bonds. The van der Waals surface area contributed by atoms with Crippen molar-refractivity contribution in [3.05, 3.63) is 32.3 Å². The molecule has 0 aliphatic rings. The highest BCUT2D eigenvalue weighted by Crippen LogP contribution is 2.36. The third kappa shape index (κ3) is 3.96. The van der Waals surface area contributed by atoms with Gasteiger partial charge in [-0.2, -0.15) is 0 Å². The standard InChI is InChI=1S/C11H12Cl2N2O5/c1-14-9(11(16)19-2)5-20-10-7(12)3-6(15(17)18)4-8(10)13/h3-4,9,14H,5H2,1-2H3. The van der Waals surface area contributed by atoms with Crippen LogP contribution in [0, 0.1) is 10.1 Å². The van der Waals surface area contributed by atoms with E-state index < -0.39 is 16.9 Å². The molecule has 0 heterocycles. The quantitative estimate of drug-likeness (QED) is 0.489. The van der Waals surface area contributed by atoms with Crippen molar-refractivity contribution in [3.8, 4) is 5.75 Å². The molecule has 0 saturated heterocycles. The highest BCUT2D eigenvalue weighted by molar-refractivity contribution is 6.37. The second-order valence-corrected chi connectivity index (χ2v) is 4.49. The van der Waals surface area contributed by atoms with Gasteiger partial charge in [0.2, 0.25) is 0 Å². The van der Waals surface area contributed by atoms with Crippen molar-refractivity contribution < 1.29 is 19.2 Å². The van der Waals surface area contributed by atoms with Crippen molar-refractivity contribution in [2.24, 2.45) is 0 Å². The lowest BCUT2D eigenvalue weighted by atomic mass is 10.3. The van der Waals surface area contributed by atoms with Crippen LogP contribution in [0.4, 0.5) is 5.69 Å². The molecule has 1 unspecified atom stereocenters. The first kappa shape index (κ1) is 16.5. The van der Waals surface area contributed by atoms with Gasteiger partial charge in [-0.15, -0.1) is 0 Å². The summed E-state index contributed by atoms with van der Waals surface area (Å²) in [5.41, 5.74) is -0.245. The van der Waals surface area contributed by atoms with Crippen LogP contribution in [-0.2, 0) is 9.53 Å². The average molecular weight is 323 g/mol. The third-order valence-electron chi connectivity index (χ3n) is 2.42. The van der Waals surface area contributed by atoms with Crippen molar-refractivity contribution in [3.63, 3.8) is 0 Å². The number of halogens is 2. The van der Waals surface area contributed by atoms with Gasteiger partial charge in [-0.1, -0.05) is 23.2 Å². The molecule has 20 heavy (non-hydrogen) atoms. The predicted molar refractivity (Wildman–Crippen MR) is 73.5 cm³/mol. The number of esters is 1. The maximum Gasteiger partial charge on any atom is 0.326 e. The van der Waals surface area contributed by atoms with E-state index >= 15 is 0 Å². The van der Waals surface area contributed by atoms with Crippen LogP contribution in [-0.4, -0.2) is 37.7 Å². The summed E-state index contributed by atoms with van der Waals surface area (Å²) in [6.45, 7) is -0.0829. The Bertz CT molecular complexity index is 501. The Labute approximate surface area is 124 Å². The summed E-state index contributed by atoms with van der Waals surface area (Å²) in [7, 11) is 2.81. The van der Waals surface area contributed by atoms with Crippen molar-refractivity contribution >= 4 is 34.9 Å². The Morgan fingerprint density at radius 3 is 2.40 bits per heavy atom. The van der Waals surface area contributed by atoms with E-state index in [-0.39, 0.29) is 28.1 Å². The number of non-ortho nitro benzene ring substituents is 1. The van der Waals surface area contributed by atoms with Crippen LogP contribution >= 0.6 is 23.2 Å². The molecular weight excluding hydrogens is 311 g/mol. The maximum atomic E-state index is 11.4. The molecule has 0 aliphatic heterocycles. The molecule has 0 fully saturated rings. The second kappa shape index (κ2) is 7.28. The first-order valence-corrected chi connectivity index (χ1v) is 6.17. The topological polar surface area (TPSA) is 90.7 Å². The number of nitro groups is 1. The van der Waals surface area contributed by atoms with E-state index in [1.807, 2.05) is 0 Å². The summed E-state index contributed by atoms with van der Waals surface area (Å²) in [5.74, 6) is -0.440. The lowest BCUT2D eigenvalue weighted by Crippen LogP contribution is -2.40. The van der Waals surface area contributed by atoms with Crippen LogP contribution in [0.2, 0.25) is 10.0 Å². The number of carbonyl (C=O) groups excluding carboxylic acids is 1. The summed E-state index contributed by atoms with van der Waals surface area (Å²) in [4.78, 5) is 21.4. The number of rotatable bonds is 6. The van der Waals surface area contributed by atoms with E-state index in [4.69, 9.17) is 27.9 Å². The Morgan fingerprint density at radius 1 is 1.45 bits per heavy atom. The molecule has 0 bridgehead atoms. The first-order valence-electron chi connectivity index (χ1n) is 5.42. The minimum Gasteiger partial charge on any atom is -0.488 e. The molecule has 9 heteroatoms. The van der Waals surface area contributed by atoms with E-state index in [1.165, 1.54) is 7.11 Å². The van der Waals surface area contributed by atoms with E-state index in [1.54, 1.807) is 7.05 Å². The molecule has 0 aliphatic carbocycles. The van der Waals surface area contributed by atoms with Gasteiger partial charge in [-0.3, -0.25) is 14.9 Å². The Balaban J connectivity index is 2.88. The number of benzene rings is 1. The zero-order valence-electron chi connectivity index (χ0n) is 10.7. The lowest BCUT2D eigenvalue weighted by Gasteiger charge is -2.16. The minimum absolute atomic E-state index is 0.0103. The molecule has 1 aromatic carbocycles. The number of ether oxygens (including phenoxy) is 2. The van der Waals surface area contributed by atoms with E-state index in [9.17, 15) is 14.9 Å². The maximum absolute atomic E-state index is 11.4. The van der Waals surface area contributed by atoms with Gasteiger partial charge in [0.1, 0.15) is 12.6 Å². The molecule has 0 spiro atoms. The largest absolute Gasteiger partial charge is 0.488 e. The number of nitrogens with zero attached hydrogens (tertiary/aromatic N) is 1. The van der Waals surface area contributed by atoms with Gasteiger partial charge in [0, 0.05) is 12.1 Å². The number of methoxy groups -OCH3 is 1. The Hall–Kier alpha value is -1.57. The molecule has 0 saturated carbocycles. The van der Waals surface area contributed by atoms with Crippen molar-refractivity contribution in [1.82, 2.24) is 5.32 Å². The summed E-state index contributed by atoms with van der Waals surface area (Å²) in [5, 5.41) is 13.3. The number of hydrogen-bond acceptors (Lipinski definition) is 6. The number of carbonyl (C=O) groups is 1. The molecule has 1 rings (SSSR count). The summed E-state index contributed by atoms with van der Waals surface area (Å²) in [6, 6.07) is 1.53. The number of likely N-dealkylation sites (N-methyl/N-ethyl adjacent to an activating group) is 1. The van der Waals surface area contributed by atoms with Gasteiger partial charge in [-0.05, 0) is 7.05 Å². The highest BCUT2D eigenvalue weighted by atomic mass is 35.5. The Morgan fingerprint density at radius 2 is 2.00 bits per heavy atom. The Kier molecular flexibility index (Phi) is 6.00. The van der Waals surface area contributed by atoms with Crippen molar-refractivity contribution in [2.45, 2.75) is 6.04 Å². The van der Waals surface area contributed by atoms with Crippen LogP contribution in [0.3, 0.4) is 0 Å². The molecule has 0 aromatic heterocycles. The van der Waals surface area contributed by atoms with Gasteiger partial charge in [0.15, 0.2) is 5.75 Å². The molecule has 7 nitrogen and oxygen atoms in total. The van der Waals surface area contributed by atoms with Gasteiger partial charge >= 0.3 is 5.97 Å². The normalized spacial score (nSPS) is 11.8. The van der Waals surface area contributed by atoms with Crippen LogP contribution in [0.1, 0.15) is 0 Å². The van der Waals surface area contributed by atoms with E-state index in [2.05, 4.69) is 10.1 Å². The summed E-state index contributed by atoms with van der Waals surface area (Å²) in [6.07, 6.45) is 0. The smallest absolute Gasteiger partial charge is 0.326 e. The molecule has 1 N–H and O–H groups in total. The highest BCUT2D eigenvalue weighted by Gasteiger charge is 2.21. The lowest BCUT2D eigenvalue weighted by molar-refractivity contribution is -0.384. The molecule has 110 valence electrons. The third-order valence-corrected chi connectivity index (χ3v) is 2.98. The van der Waals surface area contributed by atoms with Crippen LogP contribution < -0.4 is 10.1 Å². The number of nitrogens with one attached hydrogen (secondary N) is 1. The van der Waals surface area contributed by atoms with Crippen LogP contribution in [0.25, 0.3) is 0 Å². The monoisotopic (exact) mass is 322 g/mol. The molecule has 1 atom stereocenters. The minimum atomic E-state index is -0.706. The van der Waals surface area contributed by atoms with Crippen molar-refractivity contribution in [2.75, 3.05) is 20.8 Å². The fraction of sp³-hybridized carbons (Fsp3) is 0.364. The fourth-order valence-corrected chi connectivity index (χ4v) is 1.95. The zero-order chi connectivity index (χ0) is 15.3. The van der Waals surface area contributed by atoms with Crippen LogP contribution in [0.15, 0.2) is 12.1 Å². The zero-order valence-corrected chi connectivity index (χ0v) is 12.2. The van der Waals surface area contributed by atoms with Gasteiger partial charge in [0.25, 0.3) is 5.69 Å². The number of hydrogen-bond donors (Lipinski definition) is 1. The molecule has 0 radical (unpaired) electrons. The molecular formula is C11H12Cl2N2O5. The first-order chi connectivity index (χ1) is 9.40. The van der Waals surface area contributed by atoms with E-state index in [0.29, 0.717) is 0 Å². The van der Waals surface area contributed by atoms with Gasteiger partial charge < -0.3 is 14.8 Å². The summed E-state index contributed by atoms with van der Waals surface area (Å²) >= 11 is 11.7. The SMILES string of the molecule is CNC(COc1c(Cl)cc([N+](=O)[O-])cc1Cl)C(=O)OC. The van der Waals surface area contributed by atoms with E-state index in [0.717, 1.165) is 12.1 Å². The van der Waals surface area contributed by atoms with Gasteiger partial charge in [0.05, 0.1) is 22.1 Å². The average Bonchev–Trinajstić information content (AvgIpc) is 2.40. The van der Waals surface area contributed by atoms with Gasteiger partial charge in [-0.25, -0.2) is 0 Å².